The van der Waals surface area contributed by atoms with Gasteiger partial charge in [0.1, 0.15) is 11.6 Å². The summed E-state index contributed by atoms with van der Waals surface area (Å²) in [6.45, 7) is 2.75. The highest BCUT2D eigenvalue weighted by molar-refractivity contribution is 14.0. The van der Waals surface area contributed by atoms with Gasteiger partial charge in [0.05, 0.1) is 18.9 Å². The molecular weight excluding hydrogens is 460 g/mol. The van der Waals surface area contributed by atoms with Crippen LogP contribution in [-0.2, 0) is 17.7 Å². The monoisotopic (exact) mass is 487 g/mol. The molecule has 0 aliphatic carbocycles. The van der Waals surface area contributed by atoms with E-state index in [-0.39, 0.29) is 35.9 Å². The predicted molar refractivity (Wildman–Crippen MR) is 115 cm³/mol. The van der Waals surface area contributed by atoms with Gasteiger partial charge in [-0.3, -0.25) is 4.99 Å². The van der Waals surface area contributed by atoms with E-state index < -0.39 is 0 Å². The predicted octanol–water partition coefficient (Wildman–Crippen LogP) is 3.84. The zero-order valence-corrected chi connectivity index (χ0v) is 17.9. The Kier molecular flexibility index (Phi) is 9.06. The third-order valence-electron chi connectivity index (χ3n) is 4.37. The molecule has 148 valence electrons. The minimum Gasteiger partial charge on any atom is -0.469 e. The number of ether oxygens (including phenoxy) is 1. The Morgan fingerprint density at radius 1 is 1.33 bits per heavy atom. The van der Waals surface area contributed by atoms with Gasteiger partial charge in [-0.1, -0.05) is 12.1 Å². The van der Waals surface area contributed by atoms with Crippen molar-refractivity contribution in [2.45, 2.75) is 31.9 Å². The van der Waals surface area contributed by atoms with Gasteiger partial charge in [-0.05, 0) is 42.7 Å². The lowest BCUT2D eigenvalue weighted by atomic mass is 10.2. The van der Waals surface area contributed by atoms with E-state index in [1.165, 1.54) is 6.07 Å². The van der Waals surface area contributed by atoms with Crippen molar-refractivity contribution in [3.63, 3.8) is 0 Å². The molecule has 27 heavy (non-hydrogen) atoms. The largest absolute Gasteiger partial charge is 0.469 e. The topological polar surface area (TPSA) is 50.0 Å². The second-order valence-electron chi connectivity index (χ2n) is 6.54. The lowest BCUT2D eigenvalue weighted by Gasteiger charge is -2.23. The first-order chi connectivity index (χ1) is 12.7. The molecule has 2 aromatic rings. The van der Waals surface area contributed by atoms with Crippen LogP contribution in [0.4, 0.5) is 4.39 Å². The van der Waals surface area contributed by atoms with Crippen molar-refractivity contribution in [1.29, 1.82) is 0 Å². The zero-order valence-electron chi connectivity index (χ0n) is 15.6. The second kappa shape index (κ2) is 11.3. The highest BCUT2D eigenvalue weighted by Crippen LogP contribution is 2.12. The third-order valence-corrected chi connectivity index (χ3v) is 4.37. The smallest absolute Gasteiger partial charge is 0.194 e. The molecule has 7 heteroatoms. The Balaban J connectivity index is 0.00000261. The standard InChI is InChI=1S/C20H26FN3O2.HI/c1-24(15-16-5-2-6-17(21)13-16)20(23-14-19-8-4-12-26-19)22-10-9-18-7-3-11-25-18;/h2-3,5-7,11,13,19H,4,8-10,12,14-15H2,1H3,(H,22,23);1H. The highest BCUT2D eigenvalue weighted by atomic mass is 127. The van der Waals surface area contributed by atoms with E-state index in [1.54, 1.807) is 18.4 Å². The molecule has 0 radical (unpaired) electrons. The van der Waals surface area contributed by atoms with Gasteiger partial charge in [-0.15, -0.1) is 24.0 Å². The Morgan fingerprint density at radius 3 is 2.93 bits per heavy atom. The summed E-state index contributed by atoms with van der Waals surface area (Å²) in [4.78, 5) is 6.73. The second-order valence-corrected chi connectivity index (χ2v) is 6.54. The average Bonchev–Trinajstić information content (AvgIpc) is 3.31. The molecule has 0 saturated carbocycles. The minimum absolute atomic E-state index is 0. The minimum atomic E-state index is -0.223. The van der Waals surface area contributed by atoms with Crippen molar-refractivity contribution in [2.24, 2.45) is 4.99 Å². The number of halogens is 2. The van der Waals surface area contributed by atoms with Crippen LogP contribution in [0.15, 0.2) is 52.1 Å². The van der Waals surface area contributed by atoms with Gasteiger partial charge in [-0.25, -0.2) is 4.39 Å². The van der Waals surface area contributed by atoms with Crippen molar-refractivity contribution >= 4 is 29.9 Å². The number of nitrogens with zero attached hydrogens (tertiary/aromatic N) is 2. The molecule has 3 rings (SSSR count). The van der Waals surface area contributed by atoms with Gasteiger partial charge >= 0.3 is 0 Å². The fourth-order valence-electron chi connectivity index (χ4n) is 3.02. The normalized spacial score (nSPS) is 16.8. The number of hydrogen-bond donors (Lipinski definition) is 1. The van der Waals surface area contributed by atoms with Gasteiger partial charge in [0.25, 0.3) is 0 Å². The van der Waals surface area contributed by atoms with Crippen LogP contribution in [0.3, 0.4) is 0 Å². The Morgan fingerprint density at radius 2 is 2.22 bits per heavy atom. The summed E-state index contributed by atoms with van der Waals surface area (Å²) in [5.41, 5.74) is 0.908. The van der Waals surface area contributed by atoms with Crippen molar-refractivity contribution in [1.82, 2.24) is 10.2 Å². The number of guanidine groups is 1. The lowest BCUT2D eigenvalue weighted by molar-refractivity contribution is 0.117. The molecule has 0 amide bonds. The Hall–Kier alpha value is -1.61. The van der Waals surface area contributed by atoms with Crippen LogP contribution in [-0.4, -0.2) is 43.7 Å². The lowest BCUT2D eigenvalue weighted by Crippen LogP contribution is -2.40. The van der Waals surface area contributed by atoms with E-state index in [9.17, 15) is 4.39 Å². The first kappa shape index (κ1) is 21.7. The fourth-order valence-corrected chi connectivity index (χ4v) is 3.02. The first-order valence-corrected chi connectivity index (χ1v) is 9.08. The molecule has 0 spiro atoms. The molecular formula is C20H27FIN3O2. The molecule has 2 heterocycles. The third kappa shape index (κ3) is 7.14. The molecule has 1 aliphatic rings. The summed E-state index contributed by atoms with van der Waals surface area (Å²) in [6, 6.07) is 10.5. The van der Waals surface area contributed by atoms with E-state index in [0.29, 0.717) is 19.6 Å². The molecule has 1 unspecified atom stereocenters. The van der Waals surface area contributed by atoms with Crippen LogP contribution in [0.25, 0.3) is 0 Å². The van der Waals surface area contributed by atoms with E-state index in [4.69, 9.17) is 14.1 Å². The number of furan rings is 1. The van der Waals surface area contributed by atoms with Crippen molar-refractivity contribution in [3.8, 4) is 0 Å². The molecule has 1 aromatic carbocycles. The molecule has 1 aliphatic heterocycles. The summed E-state index contributed by atoms with van der Waals surface area (Å²) in [7, 11) is 1.96. The molecule has 1 fully saturated rings. The van der Waals surface area contributed by atoms with Crippen LogP contribution in [0.1, 0.15) is 24.2 Å². The van der Waals surface area contributed by atoms with Gasteiger partial charge in [0.15, 0.2) is 5.96 Å². The van der Waals surface area contributed by atoms with Crippen molar-refractivity contribution in [2.75, 3.05) is 26.7 Å². The summed E-state index contributed by atoms with van der Waals surface area (Å²) in [5.74, 6) is 1.50. The van der Waals surface area contributed by atoms with E-state index in [0.717, 1.165) is 43.2 Å². The summed E-state index contributed by atoms with van der Waals surface area (Å²) in [5, 5.41) is 3.38. The molecule has 5 nitrogen and oxygen atoms in total. The average molecular weight is 487 g/mol. The maximum atomic E-state index is 13.4. The van der Waals surface area contributed by atoms with Gasteiger partial charge in [0, 0.05) is 33.2 Å². The van der Waals surface area contributed by atoms with Gasteiger partial charge < -0.3 is 19.4 Å². The van der Waals surface area contributed by atoms with Gasteiger partial charge in [0.2, 0.25) is 0 Å². The first-order valence-electron chi connectivity index (χ1n) is 9.08. The summed E-state index contributed by atoms with van der Waals surface area (Å²) < 4.78 is 24.5. The molecule has 1 aromatic heterocycles. The van der Waals surface area contributed by atoms with Crippen molar-refractivity contribution in [3.05, 3.63) is 59.8 Å². The number of rotatable bonds is 7. The van der Waals surface area contributed by atoms with E-state index in [1.807, 2.05) is 30.1 Å². The number of hydrogen-bond acceptors (Lipinski definition) is 3. The SMILES string of the molecule is CN(Cc1cccc(F)c1)C(=NCC1CCCO1)NCCc1ccco1.I. The van der Waals surface area contributed by atoms with Crippen LogP contribution in [0.5, 0.6) is 0 Å². The Bertz CT molecular complexity index is 703. The van der Waals surface area contributed by atoms with Crippen molar-refractivity contribution < 1.29 is 13.5 Å². The number of nitrogens with one attached hydrogen (secondary N) is 1. The number of aliphatic imine (C=N–C) groups is 1. The molecule has 1 atom stereocenters. The van der Waals surface area contributed by atoms with Crippen LogP contribution >= 0.6 is 24.0 Å². The quantitative estimate of drug-likeness (QED) is 0.367. The van der Waals surface area contributed by atoms with E-state index >= 15 is 0 Å². The maximum Gasteiger partial charge on any atom is 0.194 e. The molecule has 0 bridgehead atoms. The Labute approximate surface area is 177 Å². The van der Waals surface area contributed by atoms with Crippen LogP contribution < -0.4 is 5.32 Å². The van der Waals surface area contributed by atoms with Gasteiger partial charge in [-0.2, -0.15) is 0 Å². The fraction of sp³-hybridized carbons (Fsp3) is 0.450. The molecule has 1 N–H and O–H groups in total. The molecule has 1 saturated heterocycles. The van der Waals surface area contributed by atoms with Crippen LogP contribution in [0.2, 0.25) is 0 Å². The summed E-state index contributed by atoms with van der Waals surface area (Å²) in [6.07, 6.45) is 4.80. The maximum absolute atomic E-state index is 13.4. The highest BCUT2D eigenvalue weighted by Gasteiger charge is 2.16. The number of benzene rings is 1. The van der Waals surface area contributed by atoms with Crippen LogP contribution in [0, 0.1) is 5.82 Å². The zero-order chi connectivity index (χ0) is 18.2. The van der Waals surface area contributed by atoms with E-state index in [2.05, 4.69) is 5.32 Å². The summed E-state index contributed by atoms with van der Waals surface area (Å²) >= 11 is 0.